The third-order valence-electron chi connectivity index (χ3n) is 11.0. The van der Waals surface area contributed by atoms with Crippen LogP contribution in [0.15, 0.2) is 169 Å². The molecule has 0 atom stereocenters. The molecule has 2 N–H and O–H groups in total. The van der Waals surface area contributed by atoms with Crippen LogP contribution in [-0.2, 0) is 5.41 Å². The first-order valence-electron chi connectivity index (χ1n) is 17.8. The van der Waals surface area contributed by atoms with E-state index >= 15 is 0 Å². The first kappa shape index (κ1) is 30.2. The Morgan fingerprint density at radius 2 is 1.04 bits per heavy atom. The summed E-state index contributed by atoms with van der Waals surface area (Å²) in [7, 11) is 0. The normalized spacial score (nSPS) is 13.0. The summed E-state index contributed by atoms with van der Waals surface area (Å²) in [5.74, 6) is 0. The van der Waals surface area contributed by atoms with E-state index in [9.17, 15) is 4.79 Å². The molecular weight excluding hydrogens is 635 g/mol. The Morgan fingerprint density at radius 1 is 0.462 bits per heavy atom. The molecule has 0 radical (unpaired) electrons. The second-order valence-electron chi connectivity index (χ2n) is 14.3. The van der Waals surface area contributed by atoms with E-state index in [1.165, 1.54) is 33.4 Å². The molecule has 0 fully saturated rings. The van der Waals surface area contributed by atoms with Crippen LogP contribution in [0.1, 0.15) is 25.0 Å². The van der Waals surface area contributed by atoms with Crippen molar-refractivity contribution in [3.8, 4) is 33.4 Å². The zero-order valence-corrected chi connectivity index (χ0v) is 28.9. The lowest BCUT2D eigenvalue weighted by atomic mass is 9.82. The van der Waals surface area contributed by atoms with Crippen molar-refractivity contribution < 1.29 is 0 Å². The Morgan fingerprint density at radius 3 is 1.81 bits per heavy atom. The molecule has 0 saturated heterocycles. The quantitative estimate of drug-likeness (QED) is 0.192. The van der Waals surface area contributed by atoms with Gasteiger partial charge in [0.15, 0.2) is 0 Å². The number of hydrogen-bond donors (Lipinski definition) is 2. The smallest absolute Gasteiger partial charge is 0.272 e. The molecule has 10 rings (SSSR count). The van der Waals surface area contributed by atoms with Crippen molar-refractivity contribution in [2.24, 2.45) is 0 Å². The number of pyridine rings is 1. The fourth-order valence-corrected chi connectivity index (χ4v) is 8.33. The number of benzene rings is 7. The molecule has 9 aromatic rings. The number of fused-ring (bicyclic) bond motifs is 8. The predicted octanol–water partition coefficient (Wildman–Crippen LogP) is 12.3. The van der Waals surface area contributed by atoms with Crippen LogP contribution in [0.4, 0.5) is 17.1 Å². The van der Waals surface area contributed by atoms with E-state index in [2.05, 4.69) is 174 Å². The van der Waals surface area contributed by atoms with Crippen LogP contribution in [0, 0.1) is 0 Å². The van der Waals surface area contributed by atoms with Crippen LogP contribution in [0.3, 0.4) is 0 Å². The molecular formula is C48H35N3O. The standard InChI is InChI=1S/C48H35N3O/c1-48(2)41-14-8-6-12-37(41)38-26-25-36(29-42(38)48)51(34-21-16-31(17-22-34)30-10-4-3-5-11-30)35-23-18-32(19-24-35)33-20-27-44-40(28-33)45-39-13-7-9-15-43(39)50-47(52)46(45)49-44/h3-29,49H,1-2H3,(H,50,52). The van der Waals surface area contributed by atoms with E-state index < -0.39 is 0 Å². The third kappa shape index (κ3) is 4.65. The SMILES string of the molecule is CC1(C)c2ccccc2-c2ccc(N(c3ccc(-c4ccccc4)cc3)c3ccc(-c4ccc5[nH]c6c(=O)[nH]c7ccccc7c6c5c4)cc3)cc21. The van der Waals surface area contributed by atoms with E-state index in [4.69, 9.17) is 0 Å². The molecule has 0 bridgehead atoms. The maximum absolute atomic E-state index is 13.0. The molecule has 248 valence electrons. The summed E-state index contributed by atoms with van der Waals surface area (Å²) in [5, 5.41) is 3.03. The molecule has 0 unspecified atom stereocenters. The lowest BCUT2D eigenvalue weighted by molar-refractivity contribution is 0.660. The number of rotatable bonds is 5. The number of para-hydroxylation sites is 1. The number of nitrogens with zero attached hydrogens (tertiary/aromatic N) is 1. The minimum Gasteiger partial charge on any atom is -0.350 e. The highest BCUT2D eigenvalue weighted by atomic mass is 16.1. The van der Waals surface area contributed by atoms with Gasteiger partial charge in [0, 0.05) is 49.7 Å². The number of aromatic nitrogens is 2. The summed E-state index contributed by atoms with van der Waals surface area (Å²) in [4.78, 5) is 21.8. The number of anilines is 3. The van der Waals surface area contributed by atoms with Crippen molar-refractivity contribution in [1.82, 2.24) is 9.97 Å². The second kappa shape index (κ2) is 11.4. The predicted molar refractivity (Wildman–Crippen MR) is 217 cm³/mol. The lowest BCUT2D eigenvalue weighted by Gasteiger charge is -2.28. The van der Waals surface area contributed by atoms with Gasteiger partial charge in [-0.2, -0.15) is 0 Å². The highest BCUT2D eigenvalue weighted by molar-refractivity contribution is 6.19. The maximum atomic E-state index is 13.0. The number of aromatic amines is 2. The van der Waals surface area contributed by atoms with Crippen LogP contribution >= 0.6 is 0 Å². The Hall–Kier alpha value is -6.65. The van der Waals surface area contributed by atoms with Crippen molar-refractivity contribution in [3.63, 3.8) is 0 Å². The van der Waals surface area contributed by atoms with E-state index in [0.717, 1.165) is 55.4 Å². The van der Waals surface area contributed by atoms with Crippen LogP contribution in [0.25, 0.3) is 66.1 Å². The zero-order chi connectivity index (χ0) is 35.0. The minimum atomic E-state index is -0.105. The Bertz CT molecular complexity index is 2880. The molecule has 7 aromatic carbocycles. The Kier molecular flexibility index (Phi) is 6.64. The molecule has 4 nitrogen and oxygen atoms in total. The van der Waals surface area contributed by atoms with Gasteiger partial charge in [0.05, 0.1) is 0 Å². The highest BCUT2D eigenvalue weighted by Gasteiger charge is 2.35. The Labute approximate surface area is 301 Å². The molecule has 4 heteroatoms. The summed E-state index contributed by atoms with van der Waals surface area (Å²) in [6.07, 6.45) is 0. The largest absolute Gasteiger partial charge is 0.350 e. The van der Waals surface area contributed by atoms with Gasteiger partial charge < -0.3 is 14.9 Å². The highest BCUT2D eigenvalue weighted by Crippen LogP contribution is 2.50. The number of hydrogen-bond acceptors (Lipinski definition) is 2. The van der Waals surface area contributed by atoms with Crippen LogP contribution in [-0.4, -0.2) is 9.97 Å². The zero-order valence-electron chi connectivity index (χ0n) is 28.9. The van der Waals surface area contributed by atoms with Gasteiger partial charge in [-0.25, -0.2) is 0 Å². The summed E-state index contributed by atoms with van der Waals surface area (Å²) in [5.41, 5.74) is 15.4. The summed E-state index contributed by atoms with van der Waals surface area (Å²) in [6, 6.07) is 58.4. The first-order chi connectivity index (χ1) is 25.4. The molecule has 2 heterocycles. The van der Waals surface area contributed by atoms with Gasteiger partial charge in [-0.05, 0) is 99.1 Å². The van der Waals surface area contributed by atoms with Crippen LogP contribution in [0.2, 0.25) is 0 Å². The molecule has 0 aliphatic heterocycles. The molecule has 2 aromatic heterocycles. The fraction of sp³-hybridized carbons (Fsp3) is 0.0625. The molecule has 1 aliphatic rings. The fourth-order valence-electron chi connectivity index (χ4n) is 8.33. The monoisotopic (exact) mass is 669 g/mol. The number of nitrogens with one attached hydrogen (secondary N) is 2. The number of H-pyrrole nitrogens is 2. The van der Waals surface area contributed by atoms with E-state index in [0.29, 0.717) is 5.52 Å². The van der Waals surface area contributed by atoms with Gasteiger partial charge in [0.2, 0.25) is 0 Å². The molecule has 1 aliphatic carbocycles. The topological polar surface area (TPSA) is 51.9 Å². The summed E-state index contributed by atoms with van der Waals surface area (Å²) in [6.45, 7) is 4.66. The minimum absolute atomic E-state index is 0.105. The van der Waals surface area contributed by atoms with Crippen molar-refractivity contribution in [1.29, 1.82) is 0 Å². The van der Waals surface area contributed by atoms with Crippen molar-refractivity contribution in [2.75, 3.05) is 4.90 Å². The second-order valence-corrected chi connectivity index (χ2v) is 14.3. The van der Waals surface area contributed by atoms with Gasteiger partial charge in [0.25, 0.3) is 5.56 Å². The van der Waals surface area contributed by atoms with Gasteiger partial charge in [-0.3, -0.25) is 4.79 Å². The van der Waals surface area contributed by atoms with Gasteiger partial charge in [-0.15, -0.1) is 0 Å². The Balaban J connectivity index is 1.08. The third-order valence-corrected chi connectivity index (χ3v) is 11.0. The van der Waals surface area contributed by atoms with Crippen molar-refractivity contribution >= 4 is 49.8 Å². The van der Waals surface area contributed by atoms with Crippen molar-refractivity contribution in [2.45, 2.75) is 19.3 Å². The van der Waals surface area contributed by atoms with Gasteiger partial charge >= 0.3 is 0 Å². The van der Waals surface area contributed by atoms with Crippen LogP contribution < -0.4 is 10.5 Å². The maximum Gasteiger partial charge on any atom is 0.272 e. The van der Waals surface area contributed by atoms with E-state index in [1.807, 2.05) is 18.2 Å². The summed E-state index contributed by atoms with van der Waals surface area (Å²) >= 11 is 0. The lowest BCUT2D eigenvalue weighted by Crippen LogP contribution is -2.16. The first-order valence-corrected chi connectivity index (χ1v) is 17.8. The van der Waals surface area contributed by atoms with Crippen molar-refractivity contribution in [3.05, 3.63) is 185 Å². The molecule has 0 amide bonds. The molecule has 52 heavy (non-hydrogen) atoms. The van der Waals surface area contributed by atoms with E-state index in [-0.39, 0.29) is 11.0 Å². The van der Waals surface area contributed by atoms with Gasteiger partial charge in [-0.1, -0.05) is 123 Å². The molecule has 0 saturated carbocycles. The van der Waals surface area contributed by atoms with E-state index in [1.54, 1.807) is 0 Å². The van der Waals surface area contributed by atoms with Gasteiger partial charge in [0.1, 0.15) is 5.52 Å². The average molecular weight is 670 g/mol. The summed E-state index contributed by atoms with van der Waals surface area (Å²) < 4.78 is 0. The molecule has 0 spiro atoms. The van der Waals surface area contributed by atoms with Crippen LogP contribution in [0.5, 0.6) is 0 Å². The average Bonchev–Trinajstić information content (AvgIpc) is 3.69.